The number of ether oxygens (including phenoxy) is 2. The molecule has 0 radical (unpaired) electrons. The SMILES string of the molecule is COc1ccc2c(c1)COC1=CC(F)=CC=CC1C2C1CCN(CC(C)(C)c2nn[nH]n2)CC1. The predicted octanol–water partition coefficient (Wildman–Crippen LogP) is 4.44. The average Bonchev–Trinajstić information content (AvgIpc) is 3.27. The first-order valence-electron chi connectivity index (χ1n) is 12.0. The van der Waals surface area contributed by atoms with E-state index >= 15 is 0 Å². The number of allylic oxidation sites excluding steroid dienone is 5. The number of piperidine rings is 1. The number of fused-ring (bicyclic) bond motifs is 2. The molecule has 7 nitrogen and oxygen atoms in total. The number of aromatic nitrogens is 4. The van der Waals surface area contributed by atoms with Gasteiger partial charge in [0.15, 0.2) is 5.82 Å². The van der Waals surface area contributed by atoms with Crippen LogP contribution in [-0.2, 0) is 16.8 Å². The predicted molar refractivity (Wildman–Crippen MR) is 127 cm³/mol. The van der Waals surface area contributed by atoms with Gasteiger partial charge >= 0.3 is 0 Å². The van der Waals surface area contributed by atoms with Crippen molar-refractivity contribution in [1.29, 1.82) is 0 Å². The lowest BCUT2D eigenvalue weighted by Gasteiger charge is -2.40. The molecule has 2 aromatic rings. The van der Waals surface area contributed by atoms with Crippen LogP contribution in [0.5, 0.6) is 5.75 Å². The third-order valence-electron chi connectivity index (χ3n) is 7.38. The first-order chi connectivity index (χ1) is 16.4. The molecule has 8 heteroatoms. The van der Waals surface area contributed by atoms with Gasteiger partial charge in [0.2, 0.25) is 0 Å². The largest absolute Gasteiger partial charge is 0.497 e. The molecule has 3 aliphatic rings. The summed E-state index contributed by atoms with van der Waals surface area (Å²) in [6.07, 6.45) is 9.13. The van der Waals surface area contributed by atoms with E-state index in [2.05, 4.69) is 57.6 Å². The van der Waals surface area contributed by atoms with Gasteiger partial charge in [-0.3, -0.25) is 0 Å². The average molecular weight is 466 g/mol. The fourth-order valence-corrected chi connectivity index (χ4v) is 5.69. The molecule has 1 aromatic heterocycles. The van der Waals surface area contributed by atoms with E-state index in [0.29, 0.717) is 18.3 Å². The van der Waals surface area contributed by atoms with Crippen molar-refractivity contribution in [2.75, 3.05) is 26.7 Å². The van der Waals surface area contributed by atoms with Crippen molar-refractivity contribution in [3.8, 4) is 5.75 Å². The van der Waals surface area contributed by atoms with Gasteiger partial charge in [-0.25, -0.2) is 4.39 Å². The zero-order valence-electron chi connectivity index (χ0n) is 20.0. The molecule has 1 aliphatic carbocycles. The quantitative estimate of drug-likeness (QED) is 0.704. The number of halogens is 1. The lowest BCUT2D eigenvalue weighted by Crippen LogP contribution is -2.43. The molecule has 34 heavy (non-hydrogen) atoms. The van der Waals surface area contributed by atoms with Crippen LogP contribution in [0.4, 0.5) is 4.39 Å². The first kappa shape index (κ1) is 22.8. The Morgan fingerprint density at radius 3 is 2.82 bits per heavy atom. The summed E-state index contributed by atoms with van der Waals surface area (Å²) in [6.45, 7) is 7.61. The Bertz CT molecular complexity index is 1100. The minimum Gasteiger partial charge on any atom is -0.497 e. The fourth-order valence-electron chi connectivity index (χ4n) is 5.69. The van der Waals surface area contributed by atoms with Crippen molar-refractivity contribution in [2.45, 2.75) is 44.6 Å². The summed E-state index contributed by atoms with van der Waals surface area (Å²) in [4.78, 5) is 2.50. The highest BCUT2D eigenvalue weighted by Gasteiger charge is 2.39. The van der Waals surface area contributed by atoms with Crippen molar-refractivity contribution in [2.24, 2.45) is 11.8 Å². The van der Waals surface area contributed by atoms with Crippen LogP contribution < -0.4 is 4.74 Å². The number of methoxy groups -OCH3 is 1. The molecule has 1 N–H and O–H groups in total. The summed E-state index contributed by atoms with van der Waals surface area (Å²) < 4.78 is 25.9. The molecule has 3 heterocycles. The fraction of sp³-hybridized carbons (Fsp3) is 0.500. The van der Waals surface area contributed by atoms with Crippen molar-refractivity contribution in [1.82, 2.24) is 25.5 Å². The molecule has 0 saturated carbocycles. The Balaban J connectivity index is 1.39. The zero-order valence-corrected chi connectivity index (χ0v) is 20.0. The Labute approximate surface area is 199 Å². The maximum Gasteiger partial charge on any atom is 0.181 e. The van der Waals surface area contributed by atoms with Crippen LogP contribution in [0.25, 0.3) is 0 Å². The van der Waals surface area contributed by atoms with Gasteiger partial charge in [0.1, 0.15) is 23.9 Å². The van der Waals surface area contributed by atoms with Gasteiger partial charge in [-0.2, -0.15) is 5.21 Å². The molecule has 2 unspecified atom stereocenters. The van der Waals surface area contributed by atoms with Gasteiger partial charge < -0.3 is 14.4 Å². The summed E-state index contributed by atoms with van der Waals surface area (Å²) in [7, 11) is 1.68. The van der Waals surface area contributed by atoms with Crippen LogP contribution in [0.2, 0.25) is 0 Å². The molecule has 0 spiro atoms. The lowest BCUT2D eigenvalue weighted by atomic mass is 9.71. The minimum atomic E-state index is -0.269. The molecule has 5 rings (SSSR count). The number of tetrazole rings is 1. The summed E-state index contributed by atoms with van der Waals surface area (Å²) >= 11 is 0. The summed E-state index contributed by atoms with van der Waals surface area (Å²) in [6, 6.07) is 6.27. The highest BCUT2D eigenvalue weighted by molar-refractivity contribution is 5.42. The van der Waals surface area contributed by atoms with Gasteiger partial charge in [0.05, 0.1) is 7.11 Å². The van der Waals surface area contributed by atoms with Gasteiger partial charge in [-0.05, 0) is 61.2 Å². The van der Waals surface area contributed by atoms with Crippen molar-refractivity contribution < 1.29 is 13.9 Å². The molecule has 1 aromatic carbocycles. The number of hydrogen-bond acceptors (Lipinski definition) is 6. The number of H-pyrrole nitrogens is 1. The van der Waals surface area contributed by atoms with Crippen LogP contribution in [0.1, 0.15) is 49.6 Å². The number of likely N-dealkylation sites (tertiary alicyclic amines) is 1. The van der Waals surface area contributed by atoms with E-state index < -0.39 is 0 Å². The maximum atomic E-state index is 14.3. The third-order valence-corrected chi connectivity index (χ3v) is 7.38. The van der Waals surface area contributed by atoms with E-state index in [0.717, 1.165) is 49.6 Å². The molecule has 180 valence electrons. The molecule has 2 atom stereocenters. The van der Waals surface area contributed by atoms with E-state index in [1.807, 2.05) is 12.1 Å². The molecular weight excluding hydrogens is 433 g/mol. The van der Waals surface area contributed by atoms with Crippen molar-refractivity contribution in [3.05, 3.63) is 71.0 Å². The standard InChI is InChI=1S/C26H32FN5O2/c1-26(2,25-28-30-31-29-25)16-32-11-9-17(10-12-32)24-21-8-7-20(33-3)13-18(21)15-34-23-14-19(27)5-4-6-22(23)24/h4-8,13-14,17,22,24H,9-12,15-16H2,1-3H3,(H,28,29,30,31). The van der Waals surface area contributed by atoms with Crippen LogP contribution in [0, 0.1) is 11.8 Å². The second-order valence-corrected chi connectivity index (χ2v) is 10.1. The first-order valence-corrected chi connectivity index (χ1v) is 12.0. The second-order valence-electron chi connectivity index (χ2n) is 10.1. The van der Waals surface area contributed by atoms with Gasteiger partial charge in [-0.1, -0.05) is 37.3 Å². The summed E-state index contributed by atoms with van der Waals surface area (Å²) in [5.74, 6) is 2.68. The van der Waals surface area contributed by atoms with Crippen molar-refractivity contribution >= 4 is 0 Å². The molecule has 2 aliphatic heterocycles. The van der Waals surface area contributed by atoms with Crippen LogP contribution in [0.15, 0.2) is 54.1 Å². The minimum absolute atomic E-state index is 0.00599. The van der Waals surface area contributed by atoms with E-state index in [9.17, 15) is 4.39 Å². The normalized spacial score (nSPS) is 23.6. The second kappa shape index (κ2) is 9.33. The lowest BCUT2D eigenvalue weighted by molar-refractivity contribution is 0.125. The van der Waals surface area contributed by atoms with Crippen molar-refractivity contribution in [3.63, 3.8) is 0 Å². The van der Waals surface area contributed by atoms with E-state index in [1.54, 1.807) is 13.2 Å². The van der Waals surface area contributed by atoms with E-state index in [-0.39, 0.29) is 23.1 Å². The topological polar surface area (TPSA) is 76.2 Å². The molecule has 0 bridgehead atoms. The number of nitrogens with one attached hydrogen (secondary N) is 1. The number of aromatic amines is 1. The van der Waals surface area contributed by atoms with Crippen LogP contribution >= 0.6 is 0 Å². The molecule has 1 fully saturated rings. The van der Waals surface area contributed by atoms with Gasteiger partial charge in [0.25, 0.3) is 0 Å². The Hall–Kier alpha value is -3.00. The van der Waals surface area contributed by atoms with Crippen LogP contribution in [0.3, 0.4) is 0 Å². The third kappa shape index (κ3) is 4.51. The Morgan fingerprint density at radius 2 is 2.09 bits per heavy atom. The Kier molecular flexibility index (Phi) is 6.25. The maximum absolute atomic E-state index is 14.3. The summed E-state index contributed by atoms with van der Waals surface area (Å²) in [5, 5.41) is 14.7. The van der Waals surface area contributed by atoms with Gasteiger partial charge in [0, 0.05) is 29.9 Å². The zero-order chi connectivity index (χ0) is 23.7. The highest BCUT2D eigenvalue weighted by Crippen LogP contribution is 2.47. The molecular formula is C26H32FN5O2. The Morgan fingerprint density at radius 1 is 1.26 bits per heavy atom. The monoisotopic (exact) mass is 465 g/mol. The number of benzene rings is 1. The van der Waals surface area contributed by atoms with E-state index in [4.69, 9.17) is 9.47 Å². The van der Waals surface area contributed by atoms with E-state index in [1.165, 1.54) is 11.6 Å². The molecule has 0 amide bonds. The van der Waals surface area contributed by atoms with Gasteiger partial charge in [-0.15, -0.1) is 10.2 Å². The summed E-state index contributed by atoms with van der Waals surface area (Å²) in [5.41, 5.74) is 2.23. The number of rotatable bonds is 5. The smallest absolute Gasteiger partial charge is 0.181 e. The number of hydrogen-bond donors (Lipinski definition) is 1. The number of nitrogens with zero attached hydrogens (tertiary/aromatic N) is 4. The highest BCUT2D eigenvalue weighted by atomic mass is 19.1. The molecule has 1 saturated heterocycles. The van der Waals surface area contributed by atoms with Crippen LogP contribution in [-0.4, -0.2) is 52.3 Å².